The van der Waals surface area contributed by atoms with Crippen molar-refractivity contribution in [3.8, 4) is 11.5 Å². The third-order valence-corrected chi connectivity index (χ3v) is 5.06. The van der Waals surface area contributed by atoms with Crippen molar-refractivity contribution < 1.29 is 9.21 Å². The molecule has 0 spiro atoms. The van der Waals surface area contributed by atoms with E-state index in [4.69, 9.17) is 4.42 Å². The summed E-state index contributed by atoms with van der Waals surface area (Å²) in [6.45, 7) is 4.14. The molecule has 0 bridgehead atoms. The number of rotatable bonds is 7. The second-order valence-corrected chi connectivity index (χ2v) is 7.30. The highest BCUT2D eigenvalue weighted by Gasteiger charge is 2.19. The average molecular weight is 395 g/mol. The Labute approximate surface area is 169 Å². The summed E-state index contributed by atoms with van der Waals surface area (Å²) in [6, 6.07) is 9.53. The molecule has 29 heavy (non-hydrogen) atoms. The molecule has 4 rings (SSSR count). The first-order valence-corrected chi connectivity index (χ1v) is 9.95. The lowest BCUT2D eigenvalue weighted by Crippen LogP contribution is -2.32. The fourth-order valence-electron chi connectivity index (χ4n) is 3.42. The number of piperidine rings is 1. The largest absolute Gasteiger partial charge is 0.419 e. The minimum Gasteiger partial charge on any atom is -0.419 e. The number of hydrogen-bond donors (Lipinski definition) is 0. The third kappa shape index (κ3) is 4.86. The second-order valence-electron chi connectivity index (χ2n) is 7.30. The Kier molecular flexibility index (Phi) is 5.95. The highest BCUT2D eigenvalue weighted by molar-refractivity contribution is 5.91. The molecule has 1 aromatic carbocycles. The van der Waals surface area contributed by atoms with E-state index in [2.05, 4.69) is 25.4 Å². The van der Waals surface area contributed by atoms with Gasteiger partial charge in [-0.15, -0.1) is 15.3 Å². The Morgan fingerprint density at radius 2 is 1.86 bits per heavy atom. The van der Waals surface area contributed by atoms with Crippen molar-refractivity contribution in [2.24, 2.45) is 0 Å². The first-order chi connectivity index (χ1) is 14.2. The van der Waals surface area contributed by atoms with E-state index in [0.717, 1.165) is 31.7 Å². The van der Waals surface area contributed by atoms with Crippen LogP contribution >= 0.6 is 0 Å². The van der Waals surface area contributed by atoms with Gasteiger partial charge in [0.25, 0.3) is 5.91 Å². The minimum absolute atomic E-state index is 0.208. The van der Waals surface area contributed by atoms with Gasteiger partial charge in [0, 0.05) is 19.2 Å². The summed E-state index contributed by atoms with van der Waals surface area (Å²) in [6.07, 6.45) is 5.53. The lowest BCUT2D eigenvalue weighted by Gasteiger charge is -2.25. The zero-order valence-electron chi connectivity index (χ0n) is 16.6. The van der Waals surface area contributed by atoms with Crippen LogP contribution in [0.3, 0.4) is 0 Å². The molecule has 9 nitrogen and oxygen atoms in total. The lowest BCUT2D eigenvalue weighted by atomic mass is 10.1. The maximum atomic E-state index is 12.7. The van der Waals surface area contributed by atoms with E-state index in [1.54, 1.807) is 17.9 Å². The summed E-state index contributed by atoms with van der Waals surface area (Å²) >= 11 is 0. The summed E-state index contributed by atoms with van der Waals surface area (Å²) < 4.78 is 7.41. The molecule has 9 heteroatoms. The van der Waals surface area contributed by atoms with E-state index in [1.165, 1.54) is 24.2 Å². The number of aromatic nitrogens is 5. The van der Waals surface area contributed by atoms with Gasteiger partial charge >= 0.3 is 0 Å². The number of carbonyl (C=O) groups is 1. The summed E-state index contributed by atoms with van der Waals surface area (Å²) in [7, 11) is 1.68. The first kappa shape index (κ1) is 19.3. The summed E-state index contributed by atoms with van der Waals surface area (Å²) in [5, 5.41) is 16.2. The molecule has 1 aliphatic heterocycles. The van der Waals surface area contributed by atoms with E-state index >= 15 is 0 Å². The van der Waals surface area contributed by atoms with Gasteiger partial charge < -0.3 is 14.2 Å². The van der Waals surface area contributed by atoms with Crippen molar-refractivity contribution >= 4 is 5.91 Å². The van der Waals surface area contributed by atoms with Gasteiger partial charge in [0.15, 0.2) is 5.69 Å². The van der Waals surface area contributed by atoms with Gasteiger partial charge in [0.2, 0.25) is 11.8 Å². The molecule has 0 radical (unpaired) electrons. The van der Waals surface area contributed by atoms with Crippen molar-refractivity contribution in [1.29, 1.82) is 0 Å². The Balaban J connectivity index is 1.32. The van der Waals surface area contributed by atoms with Crippen LogP contribution in [0.4, 0.5) is 0 Å². The molecule has 0 atom stereocenters. The second kappa shape index (κ2) is 8.95. The molecule has 2 aromatic heterocycles. The van der Waals surface area contributed by atoms with Crippen LogP contribution in [0.15, 0.2) is 40.9 Å². The summed E-state index contributed by atoms with van der Waals surface area (Å²) in [5.41, 5.74) is 1.16. The van der Waals surface area contributed by atoms with Crippen LogP contribution in [-0.4, -0.2) is 67.6 Å². The third-order valence-electron chi connectivity index (χ3n) is 5.06. The molecule has 3 heterocycles. The molecule has 0 saturated carbocycles. The predicted octanol–water partition coefficient (Wildman–Crippen LogP) is 2.09. The first-order valence-electron chi connectivity index (χ1n) is 9.95. The standard InChI is InChI=1S/C20H25N7O2/c1-25(15-18-22-23-19(29-18)16-8-4-2-5-9-16)20(28)17-14-27(24-21-17)13-12-26-10-6-3-7-11-26/h2,4-5,8-9,14H,3,6-7,10-13,15H2,1H3. The molecule has 1 amide bonds. The molecule has 0 aliphatic carbocycles. The fourth-order valence-corrected chi connectivity index (χ4v) is 3.42. The monoisotopic (exact) mass is 395 g/mol. The minimum atomic E-state index is -0.228. The SMILES string of the molecule is CN(Cc1nnc(-c2ccccc2)o1)C(=O)c1cn(CCN2CCCCC2)nn1. The number of likely N-dealkylation sites (tertiary alicyclic amines) is 1. The van der Waals surface area contributed by atoms with Crippen LogP contribution in [0.2, 0.25) is 0 Å². The van der Waals surface area contributed by atoms with Crippen molar-refractivity contribution in [3.63, 3.8) is 0 Å². The van der Waals surface area contributed by atoms with Gasteiger partial charge in [0.1, 0.15) is 0 Å². The summed E-state index contributed by atoms with van der Waals surface area (Å²) in [5.74, 6) is 0.580. The van der Waals surface area contributed by atoms with Crippen LogP contribution in [-0.2, 0) is 13.1 Å². The van der Waals surface area contributed by atoms with Gasteiger partial charge in [-0.05, 0) is 38.1 Å². The Bertz CT molecular complexity index is 931. The van der Waals surface area contributed by atoms with E-state index < -0.39 is 0 Å². The molecule has 152 valence electrons. The number of carbonyl (C=O) groups excluding carboxylic acids is 1. The smallest absolute Gasteiger partial charge is 0.276 e. The Morgan fingerprint density at radius 3 is 2.66 bits per heavy atom. The van der Waals surface area contributed by atoms with Gasteiger partial charge in [-0.3, -0.25) is 9.48 Å². The van der Waals surface area contributed by atoms with Crippen LogP contribution in [0.5, 0.6) is 0 Å². The van der Waals surface area contributed by atoms with E-state index in [9.17, 15) is 4.79 Å². The Hall–Kier alpha value is -3.07. The highest BCUT2D eigenvalue weighted by Crippen LogP contribution is 2.17. The van der Waals surface area contributed by atoms with Crippen molar-refractivity contribution in [2.75, 3.05) is 26.7 Å². The zero-order valence-corrected chi connectivity index (χ0v) is 16.6. The van der Waals surface area contributed by atoms with Gasteiger partial charge in [0.05, 0.1) is 19.3 Å². The highest BCUT2D eigenvalue weighted by atomic mass is 16.4. The maximum absolute atomic E-state index is 12.7. The van der Waals surface area contributed by atoms with Crippen LogP contribution < -0.4 is 0 Å². The van der Waals surface area contributed by atoms with Gasteiger partial charge in [-0.2, -0.15) is 0 Å². The number of benzene rings is 1. The maximum Gasteiger partial charge on any atom is 0.276 e. The quantitative estimate of drug-likeness (QED) is 0.605. The topological polar surface area (TPSA) is 93.2 Å². The van der Waals surface area contributed by atoms with Crippen molar-refractivity contribution in [1.82, 2.24) is 35.0 Å². The van der Waals surface area contributed by atoms with Crippen LogP contribution in [0.25, 0.3) is 11.5 Å². The molecular weight excluding hydrogens is 370 g/mol. The number of amides is 1. The predicted molar refractivity (Wildman–Crippen MR) is 106 cm³/mol. The molecule has 0 N–H and O–H groups in total. The molecule has 1 aliphatic rings. The van der Waals surface area contributed by atoms with Crippen molar-refractivity contribution in [2.45, 2.75) is 32.4 Å². The molecule has 1 fully saturated rings. The lowest BCUT2D eigenvalue weighted by molar-refractivity contribution is 0.0767. The van der Waals surface area contributed by atoms with Gasteiger partial charge in [-0.1, -0.05) is 29.8 Å². The average Bonchev–Trinajstić information content (AvgIpc) is 3.43. The normalized spacial score (nSPS) is 14.8. The zero-order chi connectivity index (χ0) is 20.1. The molecule has 3 aromatic rings. The number of hydrogen-bond acceptors (Lipinski definition) is 7. The summed E-state index contributed by atoms with van der Waals surface area (Å²) in [4.78, 5) is 16.6. The number of nitrogens with zero attached hydrogens (tertiary/aromatic N) is 7. The van der Waals surface area contributed by atoms with E-state index in [0.29, 0.717) is 17.5 Å². The van der Waals surface area contributed by atoms with Crippen LogP contribution in [0, 0.1) is 0 Å². The van der Waals surface area contributed by atoms with Gasteiger partial charge in [-0.25, -0.2) is 0 Å². The molecule has 1 saturated heterocycles. The van der Waals surface area contributed by atoms with E-state index in [1.807, 2.05) is 30.3 Å². The van der Waals surface area contributed by atoms with Crippen LogP contribution in [0.1, 0.15) is 35.6 Å². The fraction of sp³-hybridized carbons (Fsp3) is 0.450. The van der Waals surface area contributed by atoms with E-state index in [-0.39, 0.29) is 12.5 Å². The Morgan fingerprint density at radius 1 is 1.07 bits per heavy atom. The van der Waals surface area contributed by atoms with Crippen molar-refractivity contribution in [3.05, 3.63) is 48.1 Å². The molecule has 0 unspecified atom stereocenters. The molecular formula is C20H25N7O2.